The average Bonchev–Trinajstić information content (AvgIpc) is 2.35. The van der Waals surface area contributed by atoms with E-state index in [-0.39, 0.29) is 0 Å². The Labute approximate surface area is 106 Å². The minimum atomic E-state index is 0.907. The van der Waals surface area contributed by atoms with Crippen molar-refractivity contribution in [3.63, 3.8) is 0 Å². The van der Waals surface area contributed by atoms with Gasteiger partial charge in [0.15, 0.2) is 0 Å². The first-order valence-electron chi connectivity index (χ1n) is 6.91. The van der Waals surface area contributed by atoms with Crippen LogP contribution in [-0.4, -0.2) is 0 Å². The third-order valence-electron chi connectivity index (χ3n) is 4.35. The number of benzene rings is 1. The lowest BCUT2D eigenvalue weighted by molar-refractivity contribution is 0.288. The van der Waals surface area contributed by atoms with Crippen molar-refractivity contribution in [1.29, 1.82) is 0 Å². The van der Waals surface area contributed by atoms with E-state index in [0.717, 1.165) is 11.8 Å². The van der Waals surface area contributed by atoms with E-state index in [1.165, 1.54) is 48.8 Å². The summed E-state index contributed by atoms with van der Waals surface area (Å²) in [5, 5.41) is 0. The lowest BCUT2D eigenvalue weighted by Gasteiger charge is -2.26. The molecule has 0 N–H and O–H groups in total. The molecule has 1 aromatic rings. The number of hydrogen-bond acceptors (Lipinski definition) is 0. The Morgan fingerprint density at radius 3 is 2.59 bits per heavy atom. The molecule has 0 radical (unpaired) electrons. The summed E-state index contributed by atoms with van der Waals surface area (Å²) in [6, 6.07) is 6.62. The van der Waals surface area contributed by atoms with E-state index >= 15 is 0 Å². The van der Waals surface area contributed by atoms with Gasteiger partial charge in [-0.25, -0.2) is 0 Å². The fraction of sp³-hybridized carbons (Fsp3) is 0.529. The van der Waals surface area contributed by atoms with Gasteiger partial charge in [-0.15, -0.1) is 0 Å². The maximum absolute atomic E-state index is 3.89. The Morgan fingerprint density at radius 2 is 1.94 bits per heavy atom. The van der Waals surface area contributed by atoms with Crippen LogP contribution in [0.15, 0.2) is 24.8 Å². The molecule has 92 valence electrons. The van der Waals surface area contributed by atoms with E-state index < -0.39 is 0 Å². The van der Waals surface area contributed by atoms with E-state index in [2.05, 4.69) is 38.6 Å². The second-order valence-corrected chi connectivity index (χ2v) is 5.67. The second kappa shape index (κ2) is 5.53. The molecule has 2 rings (SSSR count). The van der Waals surface area contributed by atoms with Crippen LogP contribution in [0.4, 0.5) is 0 Å². The third-order valence-corrected chi connectivity index (χ3v) is 4.35. The van der Waals surface area contributed by atoms with Gasteiger partial charge in [0.1, 0.15) is 0 Å². The Bertz CT molecular complexity index is 381. The summed E-state index contributed by atoms with van der Waals surface area (Å²) in [4.78, 5) is 0. The topological polar surface area (TPSA) is 0 Å². The van der Waals surface area contributed by atoms with Gasteiger partial charge in [-0.05, 0) is 54.7 Å². The first-order chi connectivity index (χ1) is 8.20. The van der Waals surface area contributed by atoms with Crippen LogP contribution in [0.5, 0.6) is 0 Å². The highest BCUT2D eigenvalue weighted by atomic mass is 14.2. The summed E-state index contributed by atoms with van der Waals surface area (Å²) in [5.41, 5.74) is 4.26. The highest BCUT2D eigenvalue weighted by Gasteiger charge is 2.19. The SMILES string of the molecule is C=Cc1cccc(CC2CCC(C)CC2)c1C. The molecule has 1 aliphatic rings. The standard InChI is InChI=1S/C17H24/c1-4-16-6-5-7-17(14(16)3)12-15-10-8-13(2)9-11-15/h4-7,13,15H,1,8-12H2,2-3H3. The molecule has 0 spiro atoms. The normalized spacial score (nSPS) is 24.6. The molecule has 1 fully saturated rings. The van der Waals surface area contributed by atoms with Crippen LogP contribution in [-0.2, 0) is 6.42 Å². The van der Waals surface area contributed by atoms with E-state index in [9.17, 15) is 0 Å². The summed E-state index contributed by atoms with van der Waals surface area (Å²) in [6.45, 7) is 8.51. The van der Waals surface area contributed by atoms with Gasteiger partial charge in [-0.2, -0.15) is 0 Å². The highest BCUT2D eigenvalue weighted by Crippen LogP contribution is 2.31. The van der Waals surface area contributed by atoms with Crippen LogP contribution in [0.3, 0.4) is 0 Å². The molecule has 0 aromatic heterocycles. The van der Waals surface area contributed by atoms with Gasteiger partial charge in [0.2, 0.25) is 0 Å². The van der Waals surface area contributed by atoms with Crippen molar-refractivity contribution in [2.24, 2.45) is 11.8 Å². The van der Waals surface area contributed by atoms with E-state index in [1.807, 2.05) is 6.08 Å². The van der Waals surface area contributed by atoms with Crippen molar-refractivity contribution in [2.75, 3.05) is 0 Å². The maximum atomic E-state index is 3.89. The van der Waals surface area contributed by atoms with Gasteiger partial charge in [0, 0.05) is 0 Å². The molecule has 0 atom stereocenters. The summed E-state index contributed by atoms with van der Waals surface area (Å²) in [5.74, 6) is 1.86. The Hall–Kier alpha value is -1.04. The predicted molar refractivity (Wildman–Crippen MR) is 76.1 cm³/mol. The molecule has 17 heavy (non-hydrogen) atoms. The first-order valence-corrected chi connectivity index (χ1v) is 6.91. The van der Waals surface area contributed by atoms with Crippen LogP contribution in [0, 0.1) is 18.8 Å². The van der Waals surface area contributed by atoms with Gasteiger partial charge in [0.25, 0.3) is 0 Å². The molecule has 1 aliphatic carbocycles. The molecule has 0 heteroatoms. The van der Waals surface area contributed by atoms with Crippen LogP contribution in [0.25, 0.3) is 6.08 Å². The molecule has 0 amide bonds. The Kier molecular flexibility index (Phi) is 4.04. The lowest BCUT2D eigenvalue weighted by atomic mass is 9.79. The second-order valence-electron chi connectivity index (χ2n) is 5.67. The quantitative estimate of drug-likeness (QED) is 0.682. The highest BCUT2D eigenvalue weighted by molar-refractivity contribution is 5.53. The van der Waals surface area contributed by atoms with Gasteiger partial charge in [-0.3, -0.25) is 0 Å². The van der Waals surface area contributed by atoms with Crippen LogP contribution < -0.4 is 0 Å². The van der Waals surface area contributed by atoms with E-state index in [4.69, 9.17) is 0 Å². The van der Waals surface area contributed by atoms with Crippen LogP contribution in [0.2, 0.25) is 0 Å². The van der Waals surface area contributed by atoms with Crippen LogP contribution in [0.1, 0.15) is 49.3 Å². The molecule has 0 saturated heterocycles. The van der Waals surface area contributed by atoms with Crippen molar-refractivity contribution >= 4 is 6.08 Å². The van der Waals surface area contributed by atoms with Crippen molar-refractivity contribution in [3.05, 3.63) is 41.5 Å². The maximum Gasteiger partial charge on any atom is -0.0230 e. The third kappa shape index (κ3) is 3.00. The monoisotopic (exact) mass is 228 g/mol. The zero-order valence-corrected chi connectivity index (χ0v) is 11.2. The number of rotatable bonds is 3. The van der Waals surface area contributed by atoms with Gasteiger partial charge in [0.05, 0.1) is 0 Å². The van der Waals surface area contributed by atoms with Gasteiger partial charge in [-0.1, -0.05) is 50.6 Å². The summed E-state index contributed by atoms with van der Waals surface area (Å²) in [6.07, 6.45) is 8.91. The smallest absolute Gasteiger partial charge is 0.0230 e. The lowest BCUT2D eigenvalue weighted by Crippen LogP contribution is -2.15. The molecule has 1 saturated carbocycles. The van der Waals surface area contributed by atoms with Crippen molar-refractivity contribution in [2.45, 2.75) is 46.0 Å². The summed E-state index contributed by atoms with van der Waals surface area (Å²) >= 11 is 0. The minimum absolute atomic E-state index is 0.907. The number of hydrogen-bond donors (Lipinski definition) is 0. The van der Waals surface area contributed by atoms with Crippen molar-refractivity contribution in [3.8, 4) is 0 Å². The largest absolute Gasteiger partial charge is 0.0985 e. The molecule has 0 bridgehead atoms. The molecule has 0 aliphatic heterocycles. The van der Waals surface area contributed by atoms with E-state index in [0.29, 0.717) is 0 Å². The molecular formula is C17H24. The molecule has 0 nitrogen and oxygen atoms in total. The molecule has 1 aromatic carbocycles. The molecule has 0 heterocycles. The Morgan fingerprint density at radius 1 is 1.24 bits per heavy atom. The Balaban J connectivity index is 2.06. The molecule has 0 unspecified atom stereocenters. The fourth-order valence-electron chi connectivity index (χ4n) is 2.99. The van der Waals surface area contributed by atoms with Gasteiger partial charge < -0.3 is 0 Å². The van der Waals surface area contributed by atoms with Crippen molar-refractivity contribution < 1.29 is 0 Å². The zero-order chi connectivity index (χ0) is 12.3. The average molecular weight is 228 g/mol. The van der Waals surface area contributed by atoms with Crippen LogP contribution >= 0.6 is 0 Å². The predicted octanol–water partition coefficient (Wildman–Crippen LogP) is 5.01. The van der Waals surface area contributed by atoms with E-state index in [1.54, 1.807) is 0 Å². The fourth-order valence-corrected chi connectivity index (χ4v) is 2.99. The molecular weight excluding hydrogens is 204 g/mol. The summed E-state index contributed by atoms with van der Waals surface area (Å²) < 4.78 is 0. The summed E-state index contributed by atoms with van der Waals surface area (Å²) in [7, 11) is 0. The minimum Gasteiger partial charge on any atom is -0.0985 e. The first kappa shape index (κ1) is 12.4. The van der Waals surface area contributed by atoms with Crippen molar-refractivity contribution in [1.82, 2.24) is 0 Å². The van der Waals surface area contributed by atoms with Gasteiger partial charge >= 0.3 is 0 Å². The zero-order valence-electron chi connectivity index (χ0n) is 11.2.